The minimum absolute atomic E-state index is 0.103. The number of aromatic nitrogens is 1. The van der Waals surface area contributed by atoms with E-state index in [0.717, 1.165) is 16.3 Å². The Balaban J connectivity index is 1.47. The van der Waals surface area contributed by atoms with Crippen LogP contribution in [0.5, 0.6) is 5.75 Å². The van der Waals surface area contributed by atoms with Crippen molar-refractivity contribution in [3.05, 3.63) is 119 Å². The molecule has 7 heteroatoms. The fourth-order valence-electron chi connectivity index (χ4n) is 4.16. The lowest BCUT2D eigenvalue weighted by Crippen LogP contribution is -2.17. The molecule has 0 bridgehead atoms. The average molecular weight is 465 g/mol. The number of pyridine rings is 1. The zero-order valence-electron chi connectivity index (χ0n) is 18.7. The smallest absolute Gasteiger partial charge is 0.275 e. The van der Waals surface area contributed by atoms with Gasteiger partial charge in [0.15, 0.2) is 0 Å². The number of nitrogens with one attached hydrogen (secondary N) is 1. The van der Waals surface area contributed by atoms with Crippen molar-refractivity contribution in [2.24, 2.45) is 5.10 Å². The number of hydrazone groups is 1. The highest BCUT2D eigenvalue weighted by Gasteiger charge is 2.21. The van der Waals surface area contributed by atoms with Gasteiger partial charge in [-0.25, -0.2) is 9.82 Å². The second-order valence-electron chi connectivity index (χ2n) is 8.09. The van der Waals surface area contributed by atoms with Crippen LogP contribution in [0.4, 0.5) is 4.39 Å². The summed E-state index contributed by atoms with van der Waals surface area (Å²) in [5.74, 6) is -1.38. The number of halogens is 1. The lowest BCUT2D eigenvalue weighted by molar-refractivity contribution is 0.0951. The number of rotatable bonds is 5. The second kappa shape index (κ2) is 8.87. The van der Waals surface area contributed by atoms with Crippen LogP contribution in [0.1, 0.15) is 37.5 Å². The average Bonchev–Trinajstić information content (AvgIpc) is 3.14. The van der Waals surface area contributed by atoms with Gasteiger partial charge in [-0.2, -0.15) is 5.10 Å². The first kappa shape index (κ1) is 22.0. The maximum atomic E-state index is 13.3. The molecule has 172 valence electrons. The van der Waals surface area contributed by atoms with Crippen molar-refractivity contribution < 1.29 is 19.1 Å². The Morgan fingerprint density at radius 1 is 0.971 bits per heavy atom. The van der Waals surface area contributed by atoms with E-state index in [1.54, 1.807) is 29.7 Å². The molecule has 0 spiro atoms. The molecule has 5 aromatic rings. The van der Waals surface area contributed by atoms with E-state index in [0.29, 0.717) is 22.4 Å². The number of fused-ring (bicyclic) bond motifs is 2. The Labute approximate surface area is 200 Å². The van der Waals surface area contributed by atoms with Gasteiger partial charge in [-0.05, 0) is 71.8 Å². The molecule has 35 heavy (non-hydrogen) atoms. The number of hydrogen-bond donors (Lipinski definition) is 2. The normalized spacial score (nSPS) is 11.4. The van der Waals surface area contributed by atoms with Gasteiger partial charge < -0.3 is 9.51 Å². The van der Waals surface area contributed by atoms with Gasteiger partial charge >= 0.3 is 0 Å². The summed E-state index contributed by atoms with van der Waals surface area (Å²) in [7, 11) is 0. The van der Waals surface area contributed by atoms with Crippen LogP contribution in [0.25, 0.3) is 16.3 Å². The molecule has 0 aliphatic heterocycles. The molecule has 5 rings (SSSR count). The molecule has 0 unspecified atom stereocenters. The number of aromatic hydroxyl groups is 1. The Morgan fingerprint density at radius 3 is 2.40 bits per heavy atom. The van der Waals surface area contributed by atoms with Crippen molar-refractivity contribution >= 4 is 34.2 Å². The number of hydrogen-bond acceptors (Lipinski definition) is 4. The van der Waals surface area contributed by atoms with Crippen LogP contribution in [0.3, 0.4) is 0 Å². The summed E-state index contributed by atoms with van der Waals surface area (Å²) < 4.78 is 15.1. The molecule has 2 heterocycles. The van der Waals surface area contributed by atoms with E-state index in [4.69, 9.17) is 0 Å². The van der Waals surface area contributed by atoms with Crippen molar-refractivity contribution in [3.8, 4) is 5.75 Å². The summed E-state index contributed by atoms with van der Waals surface area (Å²) in [5.41, 5.74) is 5.38. The number of phenolic OH excluding ortho intramolecular Hbond substituents is 1. The second-order valence-corrected chi connectivity index (χ2v) is 8.09. The van der Waals surface area contributed by atoms with Crippen LogP contribution in [-0.4, -0.2) is 27.4 Å². The standard InChI is InChI=1S/C28H20FN3O3/c1-17-23(16-30-31-28(35)22-14-19-6-2-3-7-20(19)15-25(22)33)24-8-4-5-13-32(24)26(17)27(34)18-9-11-21(29)12-10-18/h2-16,33H,1H3,(H,31,35). The van der Waals surface area contributed by atoms with Crippen LogP contribution in [0.2, 0.25) is 0 Å². The number of phenols is 1. The molecule has 0 saturated carbocycles. The molecule has 3 aromatic carbocycles. The van der Waals surface area contributed by atoms with Crippen molar-refractivity contribution in [1.82, 2.24) is 9.83 Å². The number of carbonyl (C=O) groups is 2. The number of benzene rings is 3. The van der Waals surface area contributed by atoms with E-state index in [2.05, 4.69) is 10.5 Å². The Morgan fingerprint density at radius 2 is 1.66 bits per heavy atom. The molecule has 2 aromatic heterocycles. The molecular weight excluding hydrogens is 445 g/mol. The van der Waals surface area contributed by atoms with E-state index < -0.39 is 11.7 Å². The highest BCUT2D eigenvalue weighted by Crippen LogP contribution is 2.26. The zero-order chi connectivity index (χ0) is 24.5. The summed E-state index contributed by atoms with van der Waals surface area (Å²) in [4.78, 5) is 25.9. The van der Waals surface area contributed by atoms with Crippen molar-refractivity contribution in [2.45, 2.75) is 6.92 Å². The Bertz CT molecular complexity index is 1640. The van der Waals surface area contributed by atoms with E-state index >= 15 is 0 Å². The Hall–Kier alpha value is -4.78. The first-order valence-corrected chi connectivity index (χ1v) is 10.9. The third-order valence-corrected chi connectivity index (χ3v) is 5.93. The van der Waals surface area contributed by atoms with E-state index in [1.807, 2.05) is 36.4 Å². The van der Waals surface area contributed by atoms with Gasteiger partial charge in [-0.1, -0.05) is 30.3 Å². The SMILES string of the molecule is Cc1c(C=NNC(=O)c2cc3ccccc3cc2O)c2ccccn2c1C(=O)c1ccc(F)cc1. The summed E-state index contributed by atoms with van der Waals surface area (Å²) in [6.07, 6.45) is 3.24. The highest BCUT2D eigenvalue weighted by atomic mass is 19.1. The summed E-state index contributed by atoms with van der Waals surface area (Å²) in [6, 6.07) is 21.4. The van der Waals surface area contributed by atoms with Crippen molar-refractivity contribution in [3.63, 3.8) is 0 Å². The molecule has 0 atom stereocenters. The highest BCUT2D eigenvalue weighted by molar-refractivity contribution is 6.12. The minimum atomic E-state index is -0.562. The molecule has 0 radical (unpaired) electrons. The zero-order valence-corrected chi connectivity index (χ0v) is 18.7. The van der Waals surface area contributed by atoms with Crippen LogP contribution in [0, 0.1) is 12.7 Å². The van der Waals surface area contributed by atoms with E-state index in [9.17, 15) is 19.1 Å². The molecule has 0 aliphatic rings. The van der Waals surface area contributed by atoms with Crippen molar-refractivity contribution in [1.29, 1.82) is 0 Å². The Kier molecular flexibility index (Phi) is 5.58. The van der Waals surface area contributed by atoms with Gasteiger partial charge in [-0.15, -0.1) is 0 Å². The summed E-state index contributed by atoms with van der Waals surface area (Å²) >= 11 is 0. The maximum absolute atomic E-state index is 13.3. The monoisotopic (exact) mass is 465 g/mol. The summed E-state index contributed by atoms with van der Waals surface area (Å²) in [6.45, 7) is 1.79. The topological polar surface area (TPSA) is 83.2 Å². The van der Waals surface area contributed by atoms with Crippen LogP contribution < -0.4 is 5.43 Å². The lowest BCUT2D eigenvalue weighted by atomic mass is 10.0. The quantitative estimate of drug-likeness (QED) is 0.212. The fourth-order valence-corrected chi connectivity index (χ4v) is 4.16. The maximum Gasteiger partial charge on any atom is 0.275 e. The number of nitrogens with zero attached hydrogens (tertiary/aromatic N) is 2. The molecule has 0 saturated heterocycles. The summed E-state index contributed by atoms with van der Waals surface area (Å²) in [5, 5.41) is 16.0. The fraction of sp³-hybridized carbons (Fsp3) is 0.0357. The number of ketones is 1. The van der Waals surface area contributed by atoms with Crippen molar-refractivity contribution in [2.75, 3.05) is 0 Å². The first-order chi connectivity index (χ1) is 16.9. The van der Waals surface area contributed by atoms with Gasteiger partial charge in [0.25, 0.3) is 5.91 Å². The van der Waals surface area contributed by atoms with Gasteiger partial charge in [-0.3, -0.25) is 9.59 Å². The third-order valence-electron chi connectivity index (χ3n) is 5.93. The predicted molar refractivity (Wildman–Crippen MR) is 133 cm³/mol. The van der Waals surface area contributed by atoms with E-state index in [1.165, 1.54) is 36.5 Å². The van der Waals surface area contributed by atoms with Crippen LogP contribution >= 0.6 is 0 Å². The largest absolute Gasteiger partial charge is 0.507 e. The molecular formula is C28H20FN3O3. The van der Waals surface area contributed by atoms with Crippen LogP contribution in [0.15, 0.2) is 90.2 Å². The number of carbonyl (C=O) groups excluding carboxylic acids is 2. The minimum Gasteiger partial charge on any atom is -0.507 e. The molecule has 6 nitrogen and oxygen atoms in total. The lowest BCUT2D eigenvalue weighted by Gasteiger charge is -2.05. The van der Waals surface area contributed by atoms with Gasteiger partial charge in [0, 0.05) is 17.3 Å². The third kappa shape index (κ3) is 4.04. The van der Waals surface area contributed by atoms with Gasteiger partial charge in [0.1, 0.15) is 11.6 Å². The van der Waals surface area contributed by atoms with Gasteiger partial charge in [0.05, 0.1) is 23.0 Å². The predicted octanol–water partition coefficient (Wildman–Crippen LogP) is 5.24. The molecule has 1 amide bonds. The van der Waals surface area contributed by atoms with Crippen LogP contribution in [-0.2, 0) is 0 Å². The number of amides is 1. The van der Waals surface area contributed by atoms with Gasteiger partial charge in [0.2, 0.25) is 5.78 Å². The van der Waals surface area contributed by atoms with E-state index in [-0.39, 0.29) is 17.1 Å². The molecule has 2 N–H and O–H groups in total. The molecule has 0 fully saturated rings. The first-order valence-electron chi connectivity index (χ1n) is 10.9. The molecule has 0 aliphatic carbocycles.